The highest BCUT2D eigenvalue weighted by Crippen LogP contribution is 2.68. The monoisotopic (exact) mass is 340 g/mol. The quantitative estimate of drug-likeness (QED) is 0.654. The molecular formula is C25H24O. The van der Waals surface area contributed by atoms with E-state index in [0.29, 0.717) is 17.1 Å². The Labute approximate surface area is 154 Å². The van der Waals surface area contributed by atoms with Crippen molar-refractivity contribution in [2.24, 2.45) is 17.3 Å². The number of hydrogen-bond acceptors (Lipinski definition) is 1. The van der Waals surface area contributed by atoms with Crippen molar-refractivity contribution < 1.29 is 4.79 Å². The number of fused-ring (bicyclic) bond motifs is 3. The molecule has 8 bridgehead atoms. The van der Waals surface area contributed by atoms with E-state index in [-0.39, 0.29) is 5.92 Å². The molecule has 0 aliphatic heterocycles. The van der Waals surface area contributed by atoms with E-state index in [1.165, 1.54) is 60.1 Å². The largest absolute Gasteiger partial charge is 0.299 e. The normalized spacial score (nSPS) is 38.5. The van der Waals surface area contributed by atoms with Crippen LogP contribution < -0.4 is 10.4 Å². The van der Waals surface area contributed by atoms with E-state index in [2.05, 4.69) is 30.4 Å². The maximum absolute atomic E-state index is 12.8. The molecule has 1 nitrogen and oxygen atoms in total. The van der Waals surface area contributed by atoms with Crippen LogP contribution in [0.25, 0.3) is 12.2 Å². The van der Waals surface area contributed by atoms with Crippen molar-refractivity contribution >= 4 is 17.9 Å². The first kappa shape index (κ1) is 14.2. The lowest BCUT2D eigenvalue weighted by molar-refractivity contribution is -0.120. The van der Waals surface area contributed by atoms with Gasteiger partial charge in [-0.2, -0.15) is 0 Å². The first-order valence-corrected chi connectivity index (χ1v) is 10.6. The fraction of sp³-hybridized carbons (Fsp3) is 0.480. The average Bonchev–Trinajstić information content (AvgIpc) is 3.24. The molecule has 0 radical (unpaired) electrons. The third-order valence-electron chi connectivity index (χ3n) is 8.58. The van der Waals surface area contributed by atoms with Gasteiger partial charge in [-0.25, -0.2) is 0 Å². The van der Waals surface area contributed by atoms with Crippen LogP contribution in [0.2, 0.25) is 0 Å². The molecule has 26 heavy (non-hydrogen) atoms. The van der Waals surface area contributed by atoms with E-state index in [4.69, 9.17) is 0 Å². The summed E-state index contributed by atoms with van der Waals surface area (Å²) in [5, 5.41) is 2.64. The zero-order chi connectivity index (χ0) is 17.0. The zero-order valence-electron chi connectivity index (χ0n) is 15.2. The topological polar surface area (TPSA) is 17.1 Å². The summed E-state index contributed by atoms with van der Waals surface area (Å²) in [7, 11) is 0. The molecule has 0 heterocycles. The standard InChI is InChI=1S/C25H24O/c26-23-7-6-21-19-12-17-10-15(5-4-14(17)11-20(19)23)18-2-1-3-22-24(18)16-8-9-25(21,22)13-16/h4-5,10-12,16,18,20H,1-3,6-9,13H2. The van der Waals surface area contributed by atoms with Crippen molar-refractivity contribution in [1.29, 1.82) is 0 Å². The van der Waals surface area contributed by atoms with E-state index in [0.717, 1.165) is 18.8 Å². The van der Waals surface area contributed by atoms with Crippen molar-refractivity contribution in [2.45, 2.75) is 57.3 Å². The van der Waals surface area contributed by atoms with Gasteiger partial charge in [-0.15, -0.1) is 0 Å². The third kappa shape index (κ3) is 1.50. The van der Waals surface area contributed by atoms with E-state index >= 15 is 0 Å². The summed E-state index contributed by atoms with van der Waals surface area (Å²) in [6, 6.07) is 7.11. The molecule has 130 valence electrons. The summed E-state index contributed by atoms with van der Waals surface area (Å²) in [5.41, 5.74) is 8.59. The molecule has 4 unspecified atom stereocenters. The molecule has 0 aromatic heterocycles. The Morgan fingerprint density at radius 1 is 1.00 bits per heavy atom. The van der Waals surface area contributed by atoms with Crippen molar-refractivity contribution in [3.05, 3.63) is 56.5 Å². The molecule has 1 heteroatoms. The minimum Gasteiger partial charge on any atom is -0.299 e. The molecule has 0 saturated heterocycles. The summed E-state index contributed by atoms with van der Waals surface area (Å²) in [6.45, 7) is 0. The number of hydrogen-bond donors (Lipinski definition) is 0. The molecule has 1 aromatic carbocycles. The van der Waals surface area contributed by atoms with Crippen LogP contribution in [0.5, 0.6) is 0 Å². The SMILES string of the molecule is O=C1CCC2=C3C=c4cc(ccc4=CC13)C1CCCC3=C1C1CCC23C1. The van der Waals surface area contributed by atoms with Gasteiger partial charge in [0.15, 0.2) is 0 Å². The van der Waals surface area contributed by atoms with Gasteiger partial charge in [0, 0.05) is 17.8 Å². The van der Waals surface area contributed by atoms with Crippen LogP contribution in [-0.2, 0) is 4.79 Å². The fourth-order valence-electron chi connectivity index (χ4n) is 7.65. The highest BCUT2D eigenvalue weighted by molar-refractivity contribution is 5.94. The maximum atomic E-state index is 12.8. The number of carbonyl (C=O) groups excluding carboxylic acids is 1. The summed E-state index contributed by atoms with van der Waals surface area (Å²) in [6.07, 6.45) is 14.5. The number of benzene rings is 1. The predicted octanol–water partition coefficient (Wildman–Crippen LogP) is 3.91. The van der Waals surface area contributed by atoms with Crippen LogP contribution in [-0.4, -0.2) is 5.78 Å². The second kappa shape index (κ2) is 4.50. The smallest absolute Gasteiger partial charge is 0.144 e. The van der Waals surface area contributed by atoms with Gasteiger partial charge in [-0.05, 0) is 72.4 Å². The van der Waals surface area contributed by atoms with Gasteiger partial charge in [0.25, 0.3) is 0 Å². The molecule has 1 spiro atoms. The Kier molecular flexibility index (Phi) is 2.46. The van der Waals surface area contributed by atoms with Gasteiger partial charge in [-0.3, -0.25) is 4.79 Å². The van der Waals surface area contributed by atoms with Gasteiger partial charge < -0.3 is 0 Å². The number of Topliss-reactive ketones (excluding diaryl/α,β-unsaturated/α-hetero) is 1. The lowest BCUT2D eigenvalue weighted by Crippen LogP contribution is -2.38. The Morgan fingerprint density at radius 2 is 1.96 bits per heavy atom. The Morgan fingerprint density at radius 3 is 2.92 bits per heavy atom. The van der Waals surface area contributed by atoms with Gasteiger partial charge in [0.1, 0.15) is 5.78 Å². The first-order chi connectivity index (χ1) is 12.7. The Bertz CT molecular complexity index is 1080. The van der Waals surface area contributed by atoms with E-state index in [1.807, 2.05) is 11.1 Å². The van der Waals surface area contributed by atoms with Crippen molar-refractivity contribution in [1.82, 2.24) is 0 Å². The average molecular weight is 340 g/mol. The van der Waals surface area contributed by atoms with E-state index in [1.54, 1.807) is 5.57 Å². The van der Waals surface area contributed by atoms with Crippen LogP contribution in [0.15, 0.2) is 40.5 Å². The number of carbonyl (C=O) groups is 1. The molecule has 6 aliphatic rings. The summed E-state index contributed by atoms with van der Waals surface area (Å²) in [5.74, 6) is 1.93. The molecular weight excluding hydrogens is 316 g/mol. The lowest BCUT2D eigenvalue weighted by Gasteiger charge is -2.42. The molecule has 0 N–H and O–H groups in total. The van der Waals surface area contributed by atoms with Crippen LogP contribution in [0.4, 0.5) is 0 Å². The summed E-state index contributed by atoms with van der Waals surface area (Å²) in [4.78, 5) is 12.8. The van der Waals surface area contributed by atoms with Crippen LogP contribution in [0.3, 0.4) is 0 Å². The van der Waals surface area contributed by atoms with Crippen LogP contribution in [0, 0.1) is 17.3 Å². The van der Waals surface area contributed by atoms with Crippen molar-refractivity contribution in [3.8, 4) is 0 Å². The van der Waals surface area contributed by atoms with E-state index < -0.39 is 0 Å². The summed E-state index contributed by atoms with van der Waals surface area (Å²) >= 11 is 0. The third-order valence-corrected chi connectivity index (χ3v) is 8.58. The zero-order valence-corrected chi connectivity index (χ0v) is 15.2. The van der Waals surface area contributed by atoms with Crippen LogP contribution in [0.1, 0.15) is 62.8 Å². The number of allylic oxidation sites excluding steroid dienone is 4. The van der Waals surface area contributed by atoms with Crippen molar-refractivity contribution in [3.63, 3.8) is 0 Å². The Hall–Kier alpha value is -1.89. The fourth-order valence-corrected chi connectivity index (χ4v) is 7.65. The first-order valence-electron chi connectivity index (χ1n) is 10.6. The summed E-state index contributed by atoms with van der Waals surface area (Å²) < 4.78 is 0. The lowest BCUT2D eigenvalue weighted by atomic mass is 9.61. The highest BCUT2D eigenvalue weighted by atomic mass is 16.1. The van der Waals surface area contributed by atoms with Crippen molar-refractivity contribution in [2.75, 3.05) is 0 Å². The van der Waals surface area contributed by atoms with E-state index in [9.17, 15) is 4.79 Å². The molecule has 6 aliphatic carbocycles. The highest BCUT2D eigenvalue weighted by Gasteiger charge is 2.56. The molecule has 1 aromatic rings. The van der Waals surface area contributed by atoms with Gasteiger partial charge in [0.2, 0.25) is 0 Å². The molecule has 1 saturated carbocycles. The molecule has 7 rings (SSSR count). The minimum absolute atomic E-state index is 0.0222. The van der Waals surface area contributed by atoms with Gasteiger partial charge in [0.05, 0.1) is 5.92 Å². The molecule has 1 fully saturated rings. The predicted molar refractivity (Wildman–Crippen MR) is 103 cm³/mol. The Balaban J connectivity index is 1.66. The van der Waals surface area contributed by atoms with Crippen LogP contribution >= 0.6 is 0 Å². The molecule has 4 atom stereocenters. The number of rotatable bonds is 0. The minimum atomic E-state index is 0.0222. The molecule has 0 amide bonds. The van der Waals surface area contributed by atoms with Gasteiger partial charge in [-0.1, -0.05) is 47.1 Å². The maximum Gasteiger partial charge on any atom is 0.144 e. The second-order valence-electron chi connectivity index (χ2n) is 9.48. The van der Waals surface area contributed by atoms with Gasteiger partial charge >= 0.3 is 0 Å². The number of ketones is 1. The second-order valence-corrected chi connectivity index (χ2v) is 9.48.